The maximum Gasteiger partial charge on any atom is 0.274 e. The van der Waals surface area contributed by atoms with Crippen molar-refractivity contribution in [3.8, 4) is 16.5 Å². The standard InChI is InChI=1S/C19H21N3O2S/c1-13(18-20-21-19(24-18)17-4-3-11-25-17)22(15-7-8-15)12-14-5-9-16(23-2)10-6-14/h3-6,9-11,13,15H,7-8,12H2,1-2H3/p+1/t13-/m1/s1. The molecule has 5 nitrogen and oxygen atoms in total. The largest absolute Gasteiger partial charge is 0.497 e. The summed E-state index contributed by atoms with van der Waals surface area (Å²) >= 11 is 1.62. The van der Waals surface area contributed by atoms with Crippen molar-refractivity contribution >= 4 is 11.3 Å². The van der Waals surface area contributed by atoms with E-state index >= 15 is 0 Å². The lowest BCUT2D eigenvalue weighted by Gasteiger charge is -2.23. The molecule has 1 unspecified atom stereocenters. The van der Waals surface area contributed by atoms with E-state index in [1.165, 1.54) is 23.3 Å². The second kappa shape index (κ2) is 6.98. The molecule has 4 rings (SSSR count). The SMILES string of the molecule is COc1ccc(C[NH+](C2CC2)[C@H](C)c2nnc(-c3cccs3)o2)cc1. The van der Waals surface area contributed by atoms with E-state index in [1.807, 2.05) is 29.6 Å². The first-order valence-corrected chi connectivity index (χ1v) is 9.48. The van der Waals surface area contributed by atoms with Gasteiger partial charge in [0.1, 0.15) is 12.3 Å². The van der Waals surface area contributed by atoms with Gasteiger partial charge < -0.3 is 14.1 Å². The highest BCUT2D eigenvalue weighted by atomic mass is 32.1. The topological polar surface area (TPSA) is 52.6 Å². The minimum Gasteiger partial charge on any atom is -0.497 e. The van der Waals surface area contributed by atoms with E-state index in [0.29, 0.717) is 11.9 Å². The summed E-state index contributed by atoms with van der Waals surface area (Å²) in [5.74, 6) is 2.23. The smallest absolute Gasteiger partial charge is 0.274 e. The van der Waals surface area contributed by atoms with Gasteiger partial charge in [-0.05, 0) is 42.6 Å². The van der Waals surface area contributed by atoms with Crippen LogP contribution < -0.4 is 9.64 Å². The van der Waals surface area contributed by atoms with E-state index in [4.69, 9.17) is 9.15 Å². The molecule has 2 aromatic heterocycles. The van der Waals surface area contributed by atoms with Crippen LogP contribution in [0.2, 0.25) is 0 Å². The molecule has 0 spiro atoms. The number of methoxy groups -OCH3 is 1. The molecular weight excluding hydrogens is 334 g/mol. The van der Waals surface area contributed by atoms with Crippen molar-refractivity contribution in [2.45, 2.75) is 38.4 Å². The number of nitrogens with zero attached hydrogens (tertiary/aromatic N) is 2. The molecule has 25 heavy (non-hydrogen) atoms. The van der Waals surface area contributed by atoms with Gasteiger partial charge in [-0.2, -0.15) is 0 Å². The van der Waals surface area contributed by atoms with Crippen molar-refractivity contribution in [3.63, 3.8) is 0 Å². The molecule has 130 valence electrons. The molecule has 1 aromatic carbocycles. The molecule has 0 aliphatic heterocycles. The van der Waals surface area contributed by atoms with Crippen molar-refractivity contribution in [2.75, 3.05) is 7.11 Å². The van der Waals surface area contributed by atoms with Gasteiger partial charge in [0.25, 0.3) is 11.8 Å². The Morgan fingerprint density at radius 1 is 1.24 bits per heavy atom. The molecule has 1 aliphatic carbocycles. The van der Waals surface area contributed by atoms with Gasteiger partial charge in [-0.25, -0.2) is 0 Å². The second-order valence-electron chi connectivity index (χ2n) is 6.52. The Bertz CT molecular complexity index is 810. The van der Waals surface area contributed by atoms with Crippen LogP contribution in [-0.2, 0) is 6.54 Å². The van der Waals surface area contributed by atoms with Gasteiger partial charge in [0.15, 0.2) is 6.04 Å². The average molecular weight is 356 g/mol. The highest BCUT2D eigenvalue weighted by Crippen LogP contribution is 2.25. The Hall–Kier alpha value is -2.18. The fourth-order valence-corrected chi connectivity index (χ4v) is 3.80. The zero-order chi connectivity index (χ0) is 17.2. The number of benzene rings is 1. The summed E-state index contributed by atoms with van der Waals surface area (Å²) in [5, 5.41) is 10.6. The lowest BCUT2D eigenvalue weighted by Crippen LogP contribution is -3.12. The quantitative estimate of drug-likeness (QED) is 0.707. The van der Waals surface area contributed by atoms with Crippen molar-refractivity contribution in [3.05, 3.63) is 53.2 Å². The first-order chi connectivity index (χ1) is 12.2. The van der Waals surface area contributed by atoms with Gasteiger partial charge in [0, 0.05) is 18.4 Å². The molecule has 1 fully saturated rings. The van der Waals surface area contributed by atoms with Gasteiger partial charge >= 0.3 is 0 Å². The van der Waals surface area contributed by atoms with Gasteiger partial charge in [0.2, 0.25) is 0 Å². The maximum atomic E-state index is 5.97. The fraction of sp³-hybridized carbons (Fsp3) is 0.368. The Labute approximate surface area is 151 Å². The molecule has 1 saturated carbocycles. The van der Waals surface area contributed by atoms with E-state index in [9.17, 15) is 0 Å². The molecule has 0 saturated heterocycles. The minimum atomic E-state index is 0.177. The Morgan fingerprint density at radius 3 is 2.68 bits per heavy atom. The molecule has 1 N–H and O–H groups in total. The van der Waals surface area contributed by atoms with Crippen LogP contribution >= 0.6 is 11.3 Å². The lowest BCUT2D eigenvalue weighted by molar-refractivity contribution is -0.955. The molecule has 3 aromatic rings. The van der Waals surface area contributed by atoms with Gasteiger partial charge in [-0.3, -0.25) is 0 Å². The summed E-state index contributed by atoms with van der Waals surface area (Å²) in [7, 11) is 1.69. The first-order valence-electron chi connectivity index (χ1n) is 8.60. The third-order valence-corrected chi connectivity index (χ3v) is 5.63. The molecule has 0 radical (unpaired) electrons. The number of ether oxygens (including phenoxy) is 1. The Kier molecular flexibility index (Phi) is 4.55. The van der Waals surface area contributed by atoms with Gasteiger partial charge in [-0.15, -0.1) is 21.5 Å². The molecule has 2 atom stereocenters. The molecule has 0 amide bonds. The van der Waals surface area contributed by atoms with Crippen molar-refractivity contribution in [2.24, 2.45) is 0 Å². The first kappa shape index (κ1) is 16.3. The van der Waals surface area contributed by atoms with E-state index in [1.54, 1.807) is 18.4 Å². The van der Waals surface area contributed by atoms with E-state index < -0.39 is 0 Å². The van der Waals surface area contributed by atoms with Crippen LogP contribution in [0.5, 0.6) is 5.75 Å². The number of hydrogen-bond donors (Lipinski definition) is 1. The summed E-state index contributed by atoms with van der Waals surface area (Å²) in [6, 6.07) is 13.2. The number of hydrogen-bond acceptors (Lipinski definition) is 5. The molecule has 6 heteroatoms. The van der Waals surface area contributed by atoms with Crippen LogP contribution in [0, 0.1) is 0 Å². The number of rotatable bonds is 7. The summed E-state index contributed by atoms with van der Waals surface area (Å²) < 4.78 is 11.2. The third kappa shape index (κ3) is 3.60. The fourth-order valence-electron chi connectivity index (χ4n) is 3.15. The van der Waals surface area contributed by atoms with E-state index in [0.717, 1.165) is 23.1 Å². The summed E-state index contributed by atoms with van der Waals surface area (Å²) in [4.78, 5) is 2.51. The molecule has 2 heterocycles. The van der Waals surface area contributed by atoms with E-state index in [2.05, 4.69) is 29.3 Å². The van der Waals surface area contributed by atoms with Crippen LogP contribution in [0.15, 0.2) is 46.2 Å². The highest BCUT2D eigenvalue weighted by molar-refractivity contribution is 7.13. The maximum absolute atomic E-state index is 5.97. The van der Waals surface area contributed by atoms with Gasteiger partial charge in [-0.1, -0.05) is 6.07 Å². The normalized spacial score (nSPS) is 16.6. The summed E-state index contributed by atoms with van der Waals surface area (Å²) in [6.45, 7) is 3.13. The zero-order valence-electron chi connectivity index (χ0n) is 14.4. The van der Waals surface area contributed by atoms with Crippen LogP contribution in [-0.4, -0.2) is 23.3 Å². The van der Waals surface area contributed by atoms with Crippen LogP contribution in [0.25, 0.3) is 10.8 Å². The zero-order valence-corrected chi connectivity index (χ0v) is 15.3. The number of thiophene rings is 1. The van der Waals surface area contributed by atoms with Crippen molar-refractivity contribution in [1.29, 1.82) is 0 Å². The number of aromatic nitrogens is 2. The van der Waals surface area contributed by atoms with Crippen LogP contribution in [0.4, 0.5) is 0 Å². The van der Waals surface area contributed by atoms with Crippen LogP contribution in [0.3, 0.4) is 0 Å². The summed E-state index contributed by atoms with van der Waals surface area (Å²) in [6.07, 6.45) is 2.53. The Balaban J connectivity index is 1.52. The number of nitrogens with one attached hydrogen (secondary N) is 1. The highest BCUT2D eigenvalue weighted by Gasteiger charge is 2.39. The minimum absolute atomic E-state index is 0.177. The summed E-state index contributed by atoms with van der Waals surface area (Å²) in [5.41, 5.74) is 1.30. The Morgan fingerprint density at radius 2 is 2.04 bits per heavy atom. The average Bonchev–Trinajstić information content (AvgIpc) is 3.13. The third-order valence-electron chi connectivity index (χ3n) is 4.77. The second-order valence-corrected chi connectivity index (χ2v) is 7.47. The molecule has 1 aliphatic rings. The predicted molar refractivity (Wildman–Crippen MR) is 96.7 cm³/mol. The van der Waals surface area contributed by atoms with Crippen molar-refractivity contribution in [1.82, 2.24) is 10.2 Å². The lowest BCUT2D eigenvalue weighted by atomic mass is 10.1. The number of quaternary nitrogens is 1. The van der Waals surface area contributed by atoms with Crippen LogP contribution in [0.1, 0.15) is 37.3 Å². The molecular formula is C19H22N3O2S+. The molecule has 0 bridgehead atoms. The van der Waals surface area contributed by atoms with Crippen molar-refractivity contribution < 1.29 is 14.1 Å². The predicted octanol–water partition coefficient (Wildman–Crippen LogP) is 3.12. The monoisotopic (exact) mass is 356 g/mol. The van der Waals surface area contributed by atoms with Gasteiger partial charge in [0.05, 0.1) is 18.0 Å². The van der Waals surface area contributed by atoms with E-state index in [-0.39, 0.29) is 6.04 Å².